The van der Waals surface area contributed by atoms with E-state index < -0.39 is 0 Å². The Morgan fingerprint density at radius 1 is 1.47 bits per heavy atom. The van der Waals surface area contributed by atoms with Crippen molar-refractivity contribution >= 4 is 5.82 Å². The molecule has 0 saturated carbocycles. The van der Waals surface area contributed by atoms with Gasteiger partial charge in [0.1, 0.15) is 11.6 Å². The summed E-state index contributed by atoms with van der Waals surface area (Å²) in [5, 5.41) is 12.0. The van der Waals surface area contributed by atoms with Gasteiger partial charge in [0.25, 0.3) is 0 Å². The van der Waals surface area contributed by atoms with E-state index in [0.717, 1.165) is 30.3 Å². The van der Waals surface area contributed by atoms with Gasteiger partial charge < -0.3 is 5.32 Å². The van der Waals surface area contributed by atoms with E-state index >= 15 is 0 Å². The van der Waals surface area contributed by atoms with Crippen LogP contribution in [0.5, 0.6) is 0 Å². The highest BCUT2D eigenvalue weighted by atomic mass is 15.2. The lowest BCUT2D eigenvalue weighted by atomic mass is 10.2. The molecule has 1 aromatic rings. The molecule has 0 amide bonds. The molecule has 1 atom stereocenters. The molecular formula is C14H23N5. The van der Waals surface area contributed by atoms with E-state index in [0.29, 0.717) is 13.0 Å². The standard InChI is InChI=1S/C14H23N5/c1-5-8-16-13-9-11(2)17-14(18-13)10-19(4)12(3)6-7-15/h9,12H,5-6,8,10H2,1-4H3,(H,16,17,18). The van der Waals surface area contributed by atoms with Crippen molar-refractivity contribution in [1.82, 2.24) is 14.9 Å². The van der Waals surface area contributed by atoms with Crippen LogP contribution >= 0.6 is 0 Å². The molecule has 0 aliphatic heterocycles. The van der Waals surface area contributed by atoms with Gasteiger partial charge >= 0.3 is 0 Å². The number of aromatic nitrogens is 2. The summed E-state index contributed by atoms with van der Waals surface area (Å²) in [5.74, 6) is 1.68. The highest BCUT2D eigenvalue weighted by Gasteiger charge is 2.11. The Hall–Kier alpha value is -1.67. The van der Waals surface area contributed by atoms with Crippen molar-refractivity contribution in [1.29, 1.82) is 5.26 Å². The summed E-state index contributed by atoms with van der Waals surface area (Å²) in [5.41, 5.74) is 0.963. The van der Waals surface area contributed by atoms with Crippen LogP contribution in [0.25, 0.3) is 0 Å². The van der Waals surface area contributed by atoms with Gasteiger partial charge in [0.05, 0.1) is 19.0 Å². The topological polar surface area (TPSA) is 64.8 Å². The second kappa shape index (κ2) is 7.70. The van der Waals surface area contributed by atoms with Crippen LogP contribution in [0.3, 0.4) is 0 Å². The van der Waals surface area contributed by atoms with Gasteiger partial charge in [-0.2, -0.15) is 5.26 Å². The third kappa shape index (κ3) is 5.23. The summed E-state index contributed by atoms with van der Waals surface area (Å²) in [6.45, 7) is 7.71. The Balaban J connectivity index is 2.72. The molecule has 5 nitrogen and oxygen atoms in total. The fourth-order valence-corrected chi connectivity index (χ4v) is 1.71. The Morgan fingerprint density at radius 3 is 2.84 bits per heavy atom. The number of rotatable bonds is 7. The summed E-state index contributed by atoms with van der Waals surface area (Å²) in [6.07, 6.45) is 1.58. The van der Waals surface area contributed by atoms with Crippen molar-refractivity contribution in [3.63, 3.8) is 0 Å². The highest BCUT2D eigenvalue weighted by Crippen LogP contribution is 2.10. The van der Waals surface area contributed by atoms with Crippen molar-refractivity contribution in [2.75, 3.05) is 18.9 Å². The Kier molecular flexibility index (Phi) is 6.23. The number of aryl methyl sites for hydroxylation is 1. The molecular weight excluding hydrogens is 238 g/mol. The van der Waals surface area contributed by atoms with Gasteiger partial charge in [0.15, 0.2) is 0 Å². The lowest BCUT2D eigenvalue weighted by molar-refractivity contribution is 0.246. The number of nitriles is 1. The molecule has 0 saturated heterocycles. The van der Waals surface area contributed by atoms with E-state index in [-0.39, 0.29) is 6.04 Å². The van der Waals surface area contributed by atoms with Gasteiger partial charge in [-0.3, -0.25) is 4.90 Å². The molecule has 0 spiro atoms. The fraction of sp³-hybridized carbons (Fsp3) is 0.643. The largest absolute Gasteiger partial charge is 0.370 e. The minimum atomic E-state index is 0.209. The maximum atomic E-state index is 8.72. The van der Waals surface area contributed by atoms with Crippen LogP contribution in [0, 0.1) is 18.3 Å². The zero-order valence-corrected chi connectivity index (χ0v) is 12.3. The molecule has 0 bridgehead atoms. The van der Waals surface area contributed by atoms with E-state index in [1.165, 1.54) is 0 Å². The molecule has 0 fully saturated rings. The van der Waals surface area contributed by atoms with Crippen molar-refractivity contribution in [3.8, 4) is 6.07 Å². The van der Waals surface area contributed by atoms with Crippen LogP contribution in [0.1, 0.15) is 38.2 Å². The van der Waals surface area contributed by atoms with Crippen molar-refractivity contribution in [3.05, 3.63) is 17.6 Å². The molecule has 1 aromatic heterocycles. The number of nitrogens with zero attached hydrogens (tertiary/aromatic N) is 4. The first-order chi connectivity index (χ1) is 9.06. The molecule has 1 heterocycles. The average Bonchev–Trinajstić information content (AvgIpc) is 2.36. The van der Waals surface area contributed by atoms with Gasteiger partial charge in [-0.15, -0.1) is 0 Å². The lowest BCUT2D eigenvalue weighted by Crippen LogP contribution is -2.29. The van der Waals surface area contributed by atoms with E-state index in [1.54, 1.807) is 0 Å². The van der Waals surface area contributed by atoms with E-state index in [2.05, 4.69) is 33.2 Å². The Morgan fingerprint density at radius 2 is 2.21 bits per heavy atom. The van der Waals surface area contributed by atoms with Crippen LogP contribution in [-0.4, -0.2) is 34.5 Å². The summed E-state index contributed by atoms with van der Waals surface area (Å²) in [7, 11) is 1.99. The molecule has 0 aliphatic carbocycles. The van der Waals surface area contributed by atoms with E-state index in [4.69, 9.17) is 5.26 Å². The number of nitrogens with one attached hydrogen (secondary N) is 1. The zero-order chi connectivity index (χ0) is 14.3. The molecule has 0 radical (unpaired) electrons. The monoisotopic (exact) mass is 261 g/mol. The number of hydrogen-bond acceptors (Lipinski definition) is 5. The lowest BCUT2D eigenvalue weighted by Gasteiger charge is -2.21. The zero-order valence-electron chi connectivity index (χ0n) is 12.3. The van der Waals surface area contributed by atoms with Crippen LogP contribution in [0.2, 0.25) is 0 Å². The Bertz CT molecular complexity index is 438. The van der Waals surface area contributed by atoms with Gasteiger partial charge in [0.2, 0.25) is 0 Å². The van der Waals surface area contributed by atoms with Crippen molar-refractivity contribution < 1.29 is 0 Å². The normalized spacial score (nSPS) is 12.2. The first kappa shape index (κ1) is 15.4. The highest BCUT2D eigenvalue weighted by molar-refractivity contribution is 5.35. The number of hydrogen-bond donors (Lipinski definition) is 1. The molecule has 19 heavy (non-hydrogen) atoms. The maximum absolute atomic E-state index is 8.72. The van der Waals surface area contributed by atoms with Gasteiger partial charge in [-0.25, -0.2) is 9.97 Å². The van der Waals surface area contributed by atoms with Crippen LogP contribution in [-0.2, 0) is 6.54 Å². The third-order valence-electron chi connectivity index (χ3n) is 2.99. The maximum Gasteiger partial charge on any atom is 0.144 e. The smallest absolute Gasteiger partial charge is 0.144 e. The molecule has 104 valence electrons. The quantitative estimate of drug-likeness (QED) is 0.816. The SMILES string of the molecule is CCCNc1cc(C)nc(CN(C)C(C)CC#N)n1. The van der Waals surface area contributed by atoms with E-state index in [1.807, 2.05) is 27.0 Å². The number of anilines is 1. The second-order valence-corrected chi connectivity index (χ2v) is 4.86. The van der Waals surface area contributed by atoms with Crippen molar-refractivity contribution in [2.24, 2.45) is 0 Å². The van der Waals surface area contributed by atoms with Crippen LogP contribution in [0.4, 0.5) is 5.82 Å². The predicted octanol–water partition coefficient (Wildman–Crippen LogP) is 2.34. The summed E-state index contributed by atoms with van der Waals surface area (Å²) in [4.78, 5) is 11.1. The average molecular weight is 261 g/mol. The predicted molar refractivity (Wildman–Crippen MR) is 76.7 cm³/mol. The summed E-state index contributed by atoms with van der Waals surface area (Å²) in [6, 6.07) is 4.36. The minimum Gasteiger partial charge on any atom is -0.370 e. The van der Waals surface area contributed by atoms with Crippen LogP contribution < -0.4 is 5.32 Å². The first-order valence-electron chi connectivity index (χ1n) is 6.72. The molecule has 5 heteroatoms. The Labute approximate surface area is 115 Å². The second-order valence-electron chi connectivity index (χ2n) is 4.86. The molecule has 0 aliphatic rings. The van der Waals surface area contributed by atoms with Crippen molar-refractivity contribution in [2.45, 2.75) is 46.2 Å². The van der Waals surface area contributed by atoms with E-state index in [9.17, 15) is 0 Å². The molecule has 1 rings (SSSR count). The molecule has 1 N–H and O–H groups in total. The van der Waals surface area contributed by atoms with Gasteiger partial charge in [-0.05, 0) is 27.3 Å². The molecule has 0 aromatic carbocycles. The van der Waals surface area contributed by atoms with Gasteiger partial charge in [-0.1, -0.05) is 6.92 Å². The summed E-state index contributed by atoms with van der Waals surface area (Å²) < 4.78 is 0. The van der Waals surface area contributed by atoms with Crippen LogP contribution in [0.15, 0.2) is 6.07 Å². The molecule has 1 unspecified atom stereocenters. The third-order valence-corrected chi connectivity index (χ3v) is 2.99. The minimum absolute atomic E-state index is 0.209. The fourth-order valence-electron chi connectivity index (χ4n) is 1.71. The summed E-state index contributed by atoms with van der Waals surface area (Å²) >= 11 is 0. The first-order valence-corrected chi connectivity index (χ1v) is 6.72. The van der Waals surface area contributed by atoms with Gasteiger partial charge in [0, 0.05) is 24.3 Å².